The Morgan fingerprint density at radius 1 is 1.00 bits per heavy atom. The molecular weight excluding hydrogens is 495 g/mol. The first-order valence-corrected chi connectivity index (χ1v) is 13.2. The van der Waals surface area contributed by atoms with E-state index in [-0.39, 0.29) is 22.9 Å². The van der Waals surface area contributed by atoms with E-state index in [9.17, 15) is 18.3 Å². The average molecular weight is 521 g/mol. The highest BCUT2D eigenvalue weighted by atomic mass is 35.5. The molecule has 1 unspecified atom stereocenters. The molecule has 0 fully saturated rings. The fourth-order valence-electron chi connectivity index (χ4n) is 3.56. The number of halogens is 2. The Bertz CT molecular complexity index is 1200. The van der Waals surface area contributed by atoms with Crippen molar-refractivity contribution >= 4 is 44.9 Å². The number of rotatable bonds is 12. The second-order valence-corrected chi connectivity index (χ2v) is 10.3. The van der Waals surface area contributed by atoms with Crippen molar-refractivity contribution in [2.75, 3.05) is 24.3 Å². The third kappa shape index (κ3) is 7.21. The van der Waals surface area contributed by atoms with Crippen molar-refractivity contribution in [3.05, 3.63) is 94.5 Å². The molecular formula is C25H26Cl2N2O4S. The first-order chi connectivity index (χ1) is 16.3. The summed E-state index contributed by atoms with van der Waals surface area (Å²) in [5.41, 5.74) is 2.26. The SMILES string of the molecule is O=C(O)c1cc(S(=O)(=O)NCCc2ccc(Cl)cc2)ccc1NCC(CCCl)c1ccccc1. The van der Waals surface area contributed by atoms with Gasteiger partial charge in [0.05, 0.1) is 10.5 Å². The van der Waals surface area contributed by atoms with Gasteiger partial charge in [-0.25, -0.2) is 17.9 Å². The monoisotopic (exact) mass is 520 g/mol. The summed E-state index contributed by atoms with van der Waals surface area (Å²) < 4.78 is 28.0. The van der Waals surface area contributed by atoms with Crippen molar-refractivity contribution in [2.45, 2.75) is 23.7 Å². The molecule has 180 valence electrons. The summed E-state index contributed by atoms with van der Waals surface area (Å²) in [6, 6.07) is 21.0. The smallest absolute Gasteiger partial charge is 0.337 e. The van der Waals surface area contributed by atoms with Gasteiger partial charge in [-0.3, -0.25) is 0 Å². The van der Waals surface area contributed by atoms with Crippen molar-refractivity contribution in [3.8, 4) is 0 Å². The van der Waals surface area contributed by atoms with Crippen LogP contribution in [0.15, 0.2) is 77.7 Å². The Kier molecular flexibility index (Phi) is 9.36. The second-order valence-electron chi connectivity index (χ2n) is 7.75. The maximum atomic E-state index is 12.7. The molecule has 0 aliphatic rings. The van der Waals surface area contributed by atoms with Gasteiger partial charge in [-0.05, 0) is 54.3 Å². The van der Waals surface area contributed by atoms with Gasteiger partial charge in [0, 0.05) is 35.6 Å². The molecule has 3 N–H and O–H groups in total. The summed E-state index contributed by atoms with van der Waals surface area (Å²) >= 11 is 11.8. The molecule has 9 heteroatoms. The number of carboxylic acid groups (broad SMARTS) is 1. The Balaban J connectivity index is 1.71. The summed E-state index contributed by atoms with van der Waals surface area (Å²) in [5.74, 6) is -0.668. The number of aromatic carboxylic acids is 1. The topological polar surface area (TPSA) is 95.5 Å². The normalized spacial score (nSPS) is 12.3. The Hall–Kier alpha value is -2.58. The van der Waals surface area contributed by atoms with Gasteiger partial charge in [-0.15, -0.1) is 11.6 Å². The van der Waals surface area contributed by atoms with Gasteiger partial charge in [-0.2, -0.15) is 0 Å². The van der Waals surface area contributed by atoms with Gasteiger partial charge < -0.3 is 10.4 Å². The molecule has 3 aromatic carbocycles. The van der Waals surface area contributed by atoms with Crippen molar-refractivity contribution in [2.24, 2.45) is 0 Å². The maximum absolute atomic E-state index is 12.7. The van der Waals surface area contributed by atoms with E-state index in [4.69, 9.17) is 23.2 Å². The third-order valence-electron chi connectivity index (χ3n) is 5.42. The predicted octanol–water partition coefficient (Wildman–Crippen LogP) is 5.38. The largest absolute Gasteiger partial charge is 0.478 e. The number of sulfonamides is 1. The lowest BCUT2D eigenvalue weighted by Gasteiger charge is -2.19. The number of hydrogen-bond donors (Lipinski definition) is 3. The summed E-state index contributed by atoms with van der Waals surface area (Å²) in [5, 5.41) is 13.5. The number of benzene rings is 3. The van der Waals surface area contributed by atoms with Crippen LogP contribution in [0.4, 0.5) is 5.69 Å². The standard InChI is InChI=1S/C25H26Cl2N2O4S/c26-14-12-20(19-4-2-1-3-5-19)17-28-24-11-10-22(16-23(24)25(30)31)34(32,33)29-15-13-18-6-8-21(27)9-7-18/h1-11,16,20,28-29H,12-15,17H2,(H,30,31). The molecule has 0 aliphatic carbocycles. The van der Waals surface area contributed by atoms with Crippen LogP contribution in [0.5, 0.6) is 0 Å². The number of hydrogen-bond acceptors (Lipinski definition) is 4. The van der Waals surface area contributed by atoms with Crippen LogP contribution in [0.1, 0.15) is 33.8 Å². The minimum Gasteiger partial charge on any atom is -0.478 e. The molecule has 34 heavy (non-hydrogen) atoms. The highest BCUT2D eigenvalue weighted by Crippen LogP contribution is 2.25. The van der Waals surface area contributed by atoms with Crippen LogP contribution in [0.2, 0.25) is 5.02 Å². The number of carboxylic acids is 1. The Morgan fingerprint density at radius 2 is 1.71 bits per heavy atom. The van der Waals surface area contributed by atoms with E-state index in [0.717, 1.165) is 11.1 Å². The van der Waals surface area contributed by atoms with Crippen LogP contribution in [-0.4, -0.2) is 38.5 Å². The lowest BCUT2D eigenvalue weighted by Crippen LogP contribution is -2.26. The molecule has 0 saturated heterocycles. The van der Waals surface area contributed by atoms with Crippen LogP contribution in [0.3, 0.4) is 0 Å². The van der Waals surface area contributed by atoms with E-state index >= 15 is 0 Å². The molecule has 3 rings (SSSR count). The van der Waals surface area contributed by atoms with Crippen molar-refractivity contribution in [1.29, 1.82) is 0 Å². The van der Waals surface area contributed by atoms with E-state index in [0.29, 0.717) is 36.0 Å². The fraction of sp³-hybridized carbons (Fsp3) is 0.240. The highest BCUT2D eigenvalue weighted by Gasteiger charge is 2.20. The van der Waals surface area contributed by atoms with Gasteiger partial charge >= 0.3 is 5.97 Å². The van der Waals surface area contributed by atoms with Crippen molar-refractivity contribution in [1.82, 2.24) is 4.72 Å². The summed E-state index contributed by atoms with van der Waals surface area (Å²) in [6.07, 6.45) is 1.19. The van der Waals surface area contributed by atoms with Crippen LogP contribution < -0.4 is 10.0 Å². The van der Waals surface area contributed by atoms with Gasteiger partial charge in [0.15, 0.2) is 0 Å². The molecule has 0 saturated carbocycles. The number of carbonyl (C=O) groups is 1. The molecule has 6 nitrogen and oxygen atoms in total. The molecule has 0 heterocycles. The zero-order valence-corrected chi connectivity index (χ0v) is 20.7. The van der Waals surface area contributed by atoms with Gasteiger partial charge in [0.1, 0.15) is 0 Å². The number of nitrogens with one attached hydrogen (secondary N) is 2. The molecule has 0 amide bonds. The van der Waals surface area contributed by atoms with E-state index in [1.807, 2.05) is 42.5 Å². The molecule has 0 bridgehead atoms. The minimum absolute atomic E-state index is 0.0817. The molecule has 1 atom stereocenters. The Morgan fingerprint density at radius 3 is 2.35 bits per heavy atom. The first kappa shape index (κ1) is 26.0. The van der Waals surface area contributed by atoms with Crippen molar-refractivity contribution < 1.29 is 18.3 Å². The first-order valence-electron chi connectivity index (χ1n) is 10.8. The van der Waals surface area contributed by atoms with Crippen LogP contribution >= 0.6 is 23.2 Å². The van der Waals surface area contributed by atoms with E-state index in [1.54, 1.807) is 12.1 Å². The average Bonchev–Trinajstić information content (AvgIpc) is 2.83. The third-order valence-corrected chi connectivity index (χ3v) is 7.35. The van der Waals surface area contributed by atoms with Gasteiger partial charge in [0.25, 0.3) is 0 Å². The highest BCUT2D eigenvalue weighted by molar-refractivity contribution is 7.89. The summed E-state index contributed by atoms with van der Waals surface area (Å²) in [6.45, 7) is 0.631. The lowest BCUT2D eigenvalue weighted by atomic mass is 9.96. The molecule has 0 radical (unpaired) electrons. The zero-order valence-electron chi connectivity index (χ0n) is 18.4. The van der Waals surface area contributed by atoms with E-state index in [1.165, 1.54) is 18.2 Å². The van der Waals surface area contributed by atoms with Gasteiger partial charge in [0.2, 0.25) is 10.0 Å². The minimum atomic E-state index is -3.88. The quantitative estimate of drug-likeness (QED) is 0.278. The second kappa shape index (κ2) is 12.2. The molecule has 0 aromatic heterocycles. The van der Waals surface area contributed by atoms with Gasteiger partial charge in [-0.1, -0.05) is 54.1 Å². The lowest BCUT2D eigenvalue weighted by molar-refractivity contribution is 0.0697. The molecule has 0 spiro atoms. The maximum Gasteiger partial charge on any atom is 0.337 e. The molecule has 0 aliphatic heterocycles. The summed E-state index contributed by atoms with van der Waals surface area (Å²) in [4.78, 5) is 11.8. The number of alkyl halides is 1. The fourth-order valence-corrected chi connectivity index (χ4v) is 5.01. The predicted molar refractivity (Wildman–Crippen MR) is 137 cm³/mol. The zero-order chi connectivity index (χ0) is 24.6. The van der Waals surface area contributed by atoms with Crippen molar-refractivity contribution in [3.63, 3.8) is 0 Å². The Labute approximate surface area is 210 Å². The number of anilines is 1. The van der Waals surface area contributed by atoms with Crippen LogP contribution in [0, 0.1) is 0 Å². The molecule has 3 aromatic rings. The summed E-state index contributed by atoms with van der Waals surface area (Å²) in [7, 11) is -3.88. The van der Waals surface area contributed by atoms with E-state index in [2.05, 4.69) is 10.0 Å². The van der Waals surface area contributed by atoms with E-state index < -0.39 is 16.0 Å². The van der Waals surface area contributed by atoms with Crippen LogP contribution in [0.25, 0.3) is 0 Å². The van der Waals surface area contributed by atoms with Crippen LogP contribution in [-0.2, 0) is 16.4 Å².